The summed E-state index contributed by atoms with van der Waals surface area (Å²) < 4.78 is 29.8. The first-order valence-corrected chi connectivity index (χ1v) is 8.91. The normalized spacial score (nSPS) is 27.1. The van der Waals surface area contributed by atoms with E-state index in [0.29, 0.717) is 23.4 Å². The molecule has 0 spiro atoms. The Hall–Kier alpha value is -0.850. The molecular formula is C14H23N3O2S. The van der Waals surface area contributed by atoms with Crippen LogP contribution in [0.15, 0.2) is 17.2 Å². The molecule has 0 aliphatic heterocycles. The minimum Gasteiger partial charge on any atom is -0.346 e. The van der Waals surface area contributed by atoms with Crippen LogP contribution in [0, 0.1) is 5.92 Å². The molecule has 2 unspecified atom stereocenters. The molecule has 3 N–H and O–H groups in total. The van der Waals surface area contributed by atoms with E-state index in [1.54, 1.807) is 12.3 Å². The molecule has 1 aromatic heterocycles. The predicted octanol–water partition coefficient (Wildman–Crippen LogP) is 1.75. The third-order valence-corrected chi connectivity index (χ3v) is 5.87. The molecule has 2 atom stereocenters. The second-order valence-electron chi connectivity index (χ2n) is 6.25. The number of nitrogens with zero attached hydrogens (tertiary/aromatic N) is 1. The summed E-state index contributed by atoms with van der Waals surface area (Å²) in [5.41, 5.74) is 6.63. The van der Waals surface area contributed by atoms with Crippen LogP contribution in [0.25, 0.3) is 0 Å². The van der Waals surface area contributed by atoms with Crippen molar-refractivity contribution in [3.63, 3.8) is 0 Å². The van der Waals surface area contributed by atoms with Gasteiger partial charge in [-0.3, -0.25) is 0 Å². The van der Waals surface area contributed by atoms with Gasteiger partial charge < -0.3 is 10.3 Å². The second-order valence-corrected chi connectivity index (χ2v) is 7.96. The molecule has 1 aromatic rings. The van der Waals surface area contributed by atoms with Gasteiger partial charge in [0.2, 0.25) is 10.0 Å². The van der Waals surface area contributed by atoms with Gasteiger partial charge in [0.15, 0.2) is 0 Å². The van der Waals surface area contributed by atoms with Crippen LogP contribution in [0.1, 0.15) is 50.8 Å². The van der Waals surface area contributed by atoms with Crippen LogP contribution >= 0.6 is 0 Å². The Kier molecular flexibility index (Phi) is 3.64. The average Bonchev–Trinajstić information content (AvgIpc) is 3.01. The Balaban J connectivity index is 1.80. The van der Waals surface area contributed by atoms with Crippen molar-refractivity contribution < 1.29 is 8.42 Å². The predicted molar refractivity (Wildman–Crippen MR) is 77.7 cm³/mol. The largest absolute Gasteiger partial charge is 0.346 e. The van der Waals surface area contributed by atoms with E-state index in [1.165, 1.54) is 0 Å². The molecule has 5 nitrogen and oxygen atoms in total. The maximum atomic E-state index is 12.5. The minimum absolute atomic E-state index is 0.0839. The lowest BCUT2D eigenvalue weighted by atomic mass is 10.1. The van der Waals surface area contributed by atoms with Crippen molar-refractivity contribution in [3.8, 4) is 0 Å². The van der Waals surface area contributed by atoms with Gasteiger partial charge in [-0.1, -0.05) is 6.92 Å². The van der Waals surface area contributed by atoms with Gasteiger partial charge >= 0.3 is 0 Å². The standard InChI is InChI=1S/C14H23N3O2S/c1-10-2-3-11(6-10)16-20(18,19)14-7-13(8-15)17(9-14)12-4-5-12/h7,9-12,16H,2-6,8,15H2,1H3. The lowest BCUT2D eigenvalue weighted by molar-refractivity contribution is 0.538. The summed E-state index contributed by atoms with van der Waals surface area (Å²) in [7, 11) is -3.41. The summed E-state index contributed by atoms with van der Waals surface area (Å²) in [4.78, 5) is 0.365. The van der Waals surface area contributed by atoms with Gasteiger partial charge in [0.05, 0.1) is 4.90 Å². The molecule has 2 aliphatic carbocycles. The van der Waals surface area contributed by atoms with Crippen LogP contribution in [0.2, 0.25) is 0 Å². The zero-order chi connectivity index (χ0) is 14.3. The summed E-state index contributed by atoms with van der Waals surface area (Å²) in [6.07, 6.45) is 6.97. The van der Waals surface area contributed by atoms with E-state index >= 15 is 0 Å². The zero-order valence-electron chi connectivity index (χ0n) is 11.9. The van der Waals surface area contributed by atoms with Gasteiger partial charge in [0.1, 0.15) is 0 Å². The zero-order valence-corrected chi connectivity index (χ0v) is 12.7. The molecule has 0 radical (unpaired) electrons. The minimum atomic E-state index is -3.41. The van der Waals surface area contributed by atoms with Crippen molar-refractivity contribution in [1.29, 1.82) is 0 Å². The SMILES string of the molecule is CC1CCC(NS(=O)(=O)c2cc(CN)n(C3CC3)c2)C1. The Morgan fingerprint density at radius 3 is 2.65 bits per heavy atom. The van der Waals surface area contributed by atoms with Gasteiger partial charge in [0, 0.05) is 30.5 Å². The fourth-order valence-corrected chi connectivity index (χ4v) is 4.43. The molecule has 2 saturated carbocycles. The van der Waals surface area contributed by atoms with E-state index < -0.39 is 10.0 Å². The van der Waals surface area contributed by atoms with Crippen molar-refractivity contribution >= 4 is 10.0 Å². The smallest absolute Gasteiger partial charge is 0.242 e. The third kappa shape index (κ3) is 2.77. The Bertz CT molecular complexity index is 590. The third-order valence-electron chi connectivity index (χ3n) is 4.38. The van der Waals surface area contributed by atoms with E-state index in [0.717, 1.165) is 37.8 Å². The van der Waals surface area contributed by atoms with Gasteiger partial charge in [-0.25, -0.2) is 13.1 Å². The lowest BCUT2D eigenvalue weighted by Crippen LogP contribution is -2.32. The van der Waals surface area contributed by atoms with E-state index in [4.69, 9.17) is 5.73 Å². The quantitative estimate of drug-likeness (QED) is 0.869. The van der Waals surface area contributed by atoms with Crippen LogP contribution < -0.4 is 10.5 Å². The summed E-state index contributed by atoms with van der Waals surface area (Å²) in [6.45, 7) is 2.55. The van der Waals surface area contributed by atoms with Gasteiger partial charge in [-0.15, -0.1) is 0 Å². The number of aromatic nitrogens is 1. The van der Waals surface area contributed by atoms with Crippen molar-refractivity contribution in [1.82, 2.24) is 9.29 Å². The highest BCUT2D eigenvalue weighted by Gasteiger charge is 2.30. The highest BCUT2D eigenvalue weighted by Crippen LogP contribution is 2.37. The number of hydrogen-bond acceptors (Lipinski definition) is 3. The van der Waals surface area contributed by atoms with Gasteiger partial charge in [-0.05, 0) is 44.1 Å². The highest BCUT2D eigenvalue weighted by molar-refractivity contribution is 7.89. The molecule has 112 valence electrons. The Morgan fingerprint density at radius 1 is 1.35 bits per heavy atom. The monoisotopic (exact) mass is 297 g/mol. The Morgan fingerprint density at radius 2 is 2.10 bits per heavy atom. The molecule has 3 rings (SSSR count). The van der Waals surface area contributed by atoms with E-state index in [9.17, 15) is 8.42 Å². The summed E-state index contributed by atoms with van der Waals surface area (Å²) in [6, 6.07) is 2.25. The first-order valence-electron chi connectivity index (χ1n) is 7.42. The number of sulfonamides is 1. The number of nitrogens with one attached hydrogen (secondary N) is 1. The second kappa shape index (κ2) is 5.16. The van der Waals surface area contributed by atoms with Gasteiger partial charge in [-0.2, -0.15) is 0 Å². The van der Waals surface area contributed by atoms with Crippen molar-refractivity contribution in [2.45, 2.75) is 62.6 Å². The number of nitrogens with two attached hydrogens (primary N) is 1. The molecule has 20 heavy (non-hydrogen) atoms. The van der Waals surface area contributed by atoms with Crippen molar-refractivity contribution in [2.24, 2.45) is 11.7 Å². The van der Waals surface area contributed by atoms with Crippen molar-refractivity contribution in [3.05, 3.63) is 18.0 Å². The summed E-state index contributed by atoms with van der Waals surface area (Å²) >= 11 is 0. The maximum Gasteiger partial charge on any atom is 0.242 e. The first-order chi connectivity index (χ1) is 9.49. The van der Waals surface area contributed by atoms with Crippen LogP contribution in [-0.2, 0) is 16.6 Å². The summed E-state index contributed by atoms with van der Waals surface area (Å²) in [5, 5.41) is 0. The molecule has 1 heterocycles. The molecular weight excluding hydrogens is 274 g/mol. The number of hydrogen-bond donors (Lipinski definition) is 2. The molecule has 0 bridgehead atoms. The molecule has 0 saturated heterocycles. The van der Waals surface area contributed by atoms with Crippen LogP contribution in [0.3, 0.4) is 0 Å². The molecule has 2 fully saturated rings. The Labute approximate surface area is 120 Å². The maximum absolute atomic E-state index is 12.5. The van der Waals surface area contributed by atoms with Crippen LogP contribution in [0.4, 0.5) is 0 Å². The highest BCUT2D eigenvalue weighted by atomic mass is 32.2. The molecule has 0 amide bonds. The average molecular weight is 297 g/mol. The number of rotatable bonds is 5. The van der Waals surface area contributed by atoms with E-state index in [2.05, 4.69) is 11.6 Å². The van der Waals surface area contributed by atoms with Gasteiger partial charge in [0.25, 0.3) is 0 Å². The molecule has 6 heteroatoms. The lowest BCUT2D eigenvalue weighted by Gasteiger charge is -2.11. The summed E-state index contributed by atoms with van der Waals surface area (Å²) in [5.74, 6) is 0.610. The molecule has 0 aromatic carbocycles. The first kappa shape index (κ1) is 14.1. The van der Waals surface area contributed by atoms with E-state index in [-0.39, 0.29) is 6.04 Å². The van der Waals surface area contributed by atoms with Crippen LogP contribution in [-0.4, -0.2) is 19.0 Å². The topological polar surface area (TPSA) is 77.1 Å². The fourth-order valence-electron chi connectivity index (χ4n) is 3.10. The van der Waals surface area contributed by atoms with Crippen molar-refractivity contribution in [2.75, 3.05) is 0 Å². The fraction of sp³-hybridized carbons (Fsp3) is 0.714. The molecule has 2 aliphatic rings. The van der Waals surface area contributed by atoms with E-state index in [1.807, 2.05) is 4.57 Å². The van der Waals surface area contributed by atoms with Crippen LogP contribution in [0.5, 0.6) is 0 Å².